The van der Waals surface area contributed by atoms with Crippen molar-refractivity contribution in [3.05, 3.63) is 91.0 Å². The Bertz CT molecular complexity index is 711. The average Bonchev–Trinajstić information content (AvgIpc) is 2.63. The van der Waals surface area contributed by atoms with Crippen LogP contribution in [0.2, 0.25) is 0 Å². The van der Waals surface area contributed by atoms with Crippen LogP contribution in [0.15, 0.2) is 91.0 Å². The molecule has 0 fully saturated rings. The van der Waals surface area contributed by atoms with E-state index in [0.29, 0.717) is 0 Å². The van der Waals surface area contributed by atoms with Crippen molar-refractivity contribution in [2.45, 2.75) is 6.92 Å². The average molecular weight is 320 g/mol. The molecule has 0 N–H and O–H groups in total. The molecule has 3 aromatic rings. The second-order valence-corrected chi connectivity index (χ2v) is 11.4. The van der Waals surface area contributed by atoms with Crippen molar-refractivity contribution in [3.63, 3.8) is 0 Å². The Kier molecular flexibility index (Phi) is 3.92. The first-order valence-corrected chi connectivity index (χ1v) is 10.5. The van der Waals surface area contributed by atoms with Gasteiger partial charge in [-0.3, -0.25) is 0 Å². The first-order chi connectivity index (χ1) is 11.1. The van der Waals surface area contributed by atoms with Crippen LogP contribution >= 0.6 is 6.60 Å². The first-order valence-electron chi connectivity index (χ1n) is 7.78. The van der Waals surface area contributed by atoms with Gasteiger partial charge in [0.15, 0.2) is 0 Å². The summed E-state index contributed by atoms with van der Waals surface area (Å²) in [6.45, 7) is 0.767. The summed E-state index contributed by atoms with van der Waals surface area (Å²) in [4.78, 5) is 13.2. The van der Waals surface area contributed by atoms with Crippen molar-refractivity contribution < 1.29 is 4.79 Å². The first kappa shape index (κ1) is 15.6. The third kappa shape index (κ3) is 2.16. The van der Waals surface area contributed by atoms with Crippen molar-refractivity contribution in [3.8, 4) is 0 Å². The van der Waals surface area contributed by atoms with E-state index in [1.807, 2.05) is 54.6 Å². The van der Waals surface area contributed by atoms with Gasteiger partial charge < -0.3 is 0 Å². The fourth-order valence-corrected chi connectivity index (χ4v) is 8.13. The molecule has 0 saturated carbocycles. The molecule has 0 radical (unpaired) electrons. The minimum absolute atomic E-state index is 0.236. The molecular formula is C21H21OP. The third-order valence-electron chi connectivity index (χ3n) is 4.99. The molecule has 3 aromatic carbocycles. The summed E-state index contributed by atoms with van der Waals surface area (Å²) in [6, 6.07) is 30.7. The predicted octanol–water partition coefficient (Wildman–Crippen LogP) is 3.69. The van der Waals surface area contributed by atoms with Crippen LogP contribution in [-0.2, 0) is 4.79 Å². The Morgan fingerprint density at radius 3 is 1.09 bits per heavy atom. The number of carbonyl (C=O) groups excluding carboxylic acids is 1. The second kappa shape index (κ2) is 5.76. The maximum absolute atomic E-state index is 13.2. The molecule has 0 atom stereocenters. The molecule has 0 bridgehead atoms. The molecule has 3 rings (SSSR count). The summed E-state index contributed by atoms with van der Waals surface area (Å²) in [6.07, 6.45) is 0. The summed E-state index contributed by atoms with van der Waals surface area (Å²) in [7, 11) is 0. The Labute approximate surface area is 137 Å². The van der Waals surface area contributed by atoms with E-state index in [1.54, 1.807) is 6.92 Å². The van der Waals surface area contributed by atoms with Crippen LogP contribution in [0.25, 0.3) is 0 Å². The van der Waals surface area contributed by atoms with Gasteiger partial charge in [-0.05, 0) is 0 Å². The topological polar surface area (TPSA) is 17.1 Å². The van der Waals surface area contributed by atoms with Gasteiger partial charge in [-0.1, -0.05) is 0 Å². The number of rotatable bonds is 4. The Hall–Kier alpha value is -2.24. The van der Waals surface area contributed by atoms with Gasteiger partial charge in [-0.15, -0.1) is 0 Å². The van der Waals surface area contributed by atoms with Crippen molar-refractivity contribution >= 4 is 28.0 Å². The van der Waals surface area contributed by atoms with Crippen molar-refractivity contribution in [1.82, 2.24) is 0 Å². The Morgan fingerprint density at radius 2 is 0.870 bits per heavy atom. The third-order valence-corrected chi connectivity index (χ3v) is 11.3. The number of hydrogen-bond acceptors (Lipinski definition) is 1. The van der Waals surface area contributed by atoms with Gasteiger partial charge in [0.05, 0.1) is 0 Å². The van der Waals surface area contributed by atoms with E-state index < -0.39 is 6.60 Å². The van der Waals surface area contributed by atoms with Gasteiger partial charge in [-0.2, -0.15) is 0 Å². The van der Waals surface area contributed by atoms with E-state index >= 15 is 0 Å². The van der Waals surface area contributed by atoms with E-state index in [0.717, 1.165) is 15.9 Å². The van der Waals surface area contributed by atoms with Crippen LogP contribution in [-0.4, -0.2) is 12.2 Å². The quantitative estimate of drug-likeness (QED) is 0.670. The molecule has 0 aromatic heterocycles. The Balaban J connectivity index is 2.50. The fourth-order valence-electron chi connectivity index (χ4n) is 3.39. The van der Waals surface area contributed by atoms with Crippen molar-refractivity contribution in [1.29, 1.82) is 0 Å². The molecule has 116 valence electrons. The molecule has 0 aliphatic carbocycles. The standard InChI is InChI=1S/C21H21OP/c1-18(22)23(2,19-12-6-3-7-13-19,20-14-8-4-9-15-20)21-16-10-5-11-17-21/h3-17H,1-2H3. The van der Waals surface area contributed by atoms with Gasteiger partial charge in [-0.25, -0.2) is 0 Å². The molecule has 0 spiro atoms. The van der Waals surface area contributed by atoms with Gasteiger partial charge in [0.1, 0.15) is 0 Å². The zero-order valence-corrected chi connectivity index (χ0v) is 14.4. The van der Waals surface area contributed by atoms with Crippen LogP contribution in [0.1, 0.15) is 6.92 Å². The van der Waals surface area contributed by atoms with E-state index in [-0.39, 0.29) is 5.52 Å². The molecular weight excluding hydrogens is 299 g/mol. The Morgan fingerprint density at radius 1 is 0.609 bits per heavy atom. The van der Waals surface area contributed by atoms with E-state index in [1.165, 1.54) is 0 Å². The van der Waals surface area contributed by atoms with E-state index in [4.69, 9.17) is 0 Å². The number of carbonyl (C=O) groups is 1. The van der Waals surface area contributed by atoms with Crippen LogP contribution in [0.5, 0.6) is 0 Å². The molecule has 0 amide bonds. The summed E-state index contributed by atoms with van der Waals surface area (Å²) in [5.41, 5.74) is 0.236. The second-order valence-electron chi connectivity index (χ2n) is 6.09. The van der Waals surface area contributed by atoms with Crippen LogP contribution < -0.4 is 15.9 Å². The maximum atomic E-state index is 13.2. The SMILES string of the molecule is CC(=O)P(C)(c1ccccc1)(c1ccccc1)c1ccccc1. The van der Waals surface area contributed by atoms with Crippen molar-refractivity contribution in [2.75, 3.05) is 6.66 Å². The summed E-state index contributed by atoms with van der Waals surface area (Å²) < 4.78 is 0. The minimum atomic E-state index is -3.15. The summed E-state index contributed by atoms with van der Waals surface area (Å²) in [5, 5.41) is 3.34. The molecule has 23 heavy (non-hydrogen) atoms. The summed E-state index contributed by atoms with van der Waals surface area (Å²) >= 11 is 0. The van der Waals surface area contributed by atoms with Crippen LogP contribution in [0.3, 0.4) is 0 Å². The van der Waals surface area contributed by atoms with Crippen LogP contribution in [0, 0.1) is 0 Å². The normalized spacial score (nSPS) is 13.0. The summed E-state index contributed by atoms with van der Waals surface area (Å²) in [5.74, 6) is 0. The van der Waals surface area contributed by atoms with Crippen LogP contribution in [0.4, 0.5) is 0 Å². The van der Waals surface area contributed by atoms with Gasteiger partial charge in [0, 0.05) is 0 Å². The zero-order valence-electron chi connectivity index (χ0n) is 13.5. The molecule has 0 aliphatic heterocycles. The number of benzene rings is 3. The van der Waals surface area contributed by atoms with Gasteiger partial charge >= 0.3 is 137 Å². The van der Waals surface area contributed by atoms with E-state index in [2.05, 4.69) is 43.1 Å². The monoisotopic (exact) mass is 320 g/mol. The molecule has 1 nitrogen and oxygen atoms in total. The van der Waals surface area contributed by atoms with E-state index in [9.17, 15) is 4.79 Å². The molecule has 0 aliphatic rings. The zero-order chi connectivity index (χ0) is 16.4. The molecule has 0 unspecified atom stereocenters. The van der Waals surface area contributed by atoms with Gasteiger partial charge in [0.2, 0.25) is 0 Å². The predicted molar refractivity (Wildman–Crippen MR) is 102 cm³/mol. The van der Waals surface area contributed by atoms with Gasteiger partial charge in [0.25, 0.3) is 0 Å². The molecule has 0 saturated heterocycles. The number of hydrogen-bond donors (Lipinski definition) is 0. The fraction of sp³-hybridized carbons (Fsp3) is 0.0952. The molecule has 2 heteroatoms. The van der Waals surface area contributed by atoms with Crippen molar-refractivity contribution in [2.24, 2.45) is 0 Å². The molecule has 0 heterocycles.